The van der Waals surface area contributed by atoms with Gasteiger partial charge >= 0.3 is 6.18 Å². The van der Waals surface area contributed by atoms with Gasteiger partial charge in [0, 0.05) is 12.8 Å². The molecular formula is C9H13F3N2O2. The Bertz CT molecular complexity index is 285. The SMILES string of the molecule is FC(F)(F)COC1=NOC2(CCNCC2)C1. The molecule has 1 spiro atoms. The van der Waals surface area contributed by atoms with Crippen LogP contribution in [0.5, 0.6) is 0 Å². The first-order chi connectivity index (χ1) is 7.49. The Balaban J connectivity index is 1.82. The molecule has 92 valence electrons. The monoisotopic (exact) mass is 238 g/mol. The van der Waals surface area contributed by atoms with E-state index in [4.69, 9.17) is 4.84 Å². The van der Waals surface area contributed by atoms with Crippen molar-refractivity contribution in [2.45, 2.75) is 31.0 Å². The smallest absolute Gasteiger partial charge is 0.422 e. The maximum absolute atomic E-state index is 11.9. The first-order valence-electron chi connectivity index (χ1n) is 5.14. The molecule has 0 aromatic rings. The molecule has 0 atom stereocenters. The molecular weight excluding hydrogens is 225 g/mol. The van der Waals surface area contributed by atoms with Crippen LogP contribution in [0.2, 0.25) is 0 Å². The van der Waals surface area contributed by atoms with E-state index >= 15 is 0 Å². The highest BCUT2D eigenvalue weighted by molar-refractivity contribution is 5.78. The Morgan fingerprint density at radius 3 is 2.69 bits per heavy atom. The Morgan fingerprint density at radius 2 is 2.06 bits per heavy atom. The van der Waals surface area contributed by atoms with Gasteiger partial charge in [0.1, 0.15) is 5.60 Å². The molecule has 2 heterocycles. The van der Waals surface area contributed by atoms with Crippen LogP contribution in [0.4, 0.5) is 13.2 Å². The van der Waals surface area contributed by atoms with Crippen molar-refractivity contribution in [1.29, 1.82) is 0 Å². The maximum atomic E-state index is 11.9. The van der Waals surface area contributed by atoms with E-state index in [0.717, 1.165) is 25.9 Å². The zero-order chi connectivity index (χ0) is 11.6. The van der Waals surface area contributed by atoms with Crippen molar-refractivity contribution in [3.8, 4) is 0 Å². The summed E-state index contributed by atoms with van der Waals surface area (Å²) in [7, 11) is 0. The summed E-state index contributed by atoms with van der Waals surface area (Å²) >= 11 is 0. The minimum absolute atomic E-state index is 0.0548. The topological polar surface area (TPSA) is 42.9 Å². The van der Waals surface area contributed by atoms with Gasteiger partial charge in [0.05, 0.1) is 6.42 Å². The summed E-state index contributed by atoms with van der Waals surface area (Å²) in [4.78, 5) is 5.21. The van der Waals surface area contributed by atoms with Crippen molar-refractivity contribution in [3.63, 3.8) is 0 Å². The first-order valence-corrected chi connectivity index (χ1v) is 5.14. The second-order valence-corrected chi connectivity index (χ2v) is 4.09. The number of oxime groups is 1. The number of piperidine rings is 1. The molecule has 1 fully saturated rings. The van der Waals surface area contributed by atoms with Crippen LogP contribution in [-0.2, 0) is 9.57 Å². The van der Waals surface area contributed by atoms with Crippen molar-refractivity contribution < 1.29 is 22.7 Å². The van der Waals surface area contributed by atoms with Crippen LogP contribution in [0.15, 0.2) is 5.16 Å². The van der Waals surface area contributed by atoms with E-state index in [2.05, 4.69) is 15.2 Å². The van der Waals surface area contributed by atoms with E-state index in [9.17, 15) is 13.2 Å². The Kier molecular flexibility index (Phi) is 2.96. The van der Waals surface area contributed by atoms with Gasteiger partial charge in [-0.25, -0.2) is 0 Å². The molecule has 7 heteroatoms. The van der Waals surface area contributed by atoms with Crippen LogP contribution in [0, 0.1) is 0 Å². The van der Waals surface area contributed by atoms with Gasteiger partial charge in [0.15, 0.2) is 6.61 Å². The highest BCUT2D eigenvalue weighted by atomic mass is 19.4. The lowest BCUT2D eigenvalue weighted by molar-refractivity contribution is -0.156. The van der Waals surface area contributed by atoms with E-state index in [1.165, 1.54) is 0 Å². The molecule has 0 saturated carbocycles. The van der Waals surface area contributed by atoms with Gasteiger partial charge in [0.2, 0.25) is 5.90 Å². The maximum Gasteiger partial charge on any atom is 0.422 e. The average Bonchev–Trinajstić information content (AvgIpc) is 2.59. The van der Waals surface area contributed by atoms with Crippen molar-refractivity contribution in [2.24, 2.45) is 5.16 Å². The lowest BCUT2D eigenvalue weighted by Crippen LogP contribution is -2.42. The van der Waals surface area contributed by atoms with E-state index < -0.39 is 18.4 Å². The molecule has 2 rings (SSSR count). The van der Waals surface area contributed by atoms with Crippen LogP contribution < -0.4 is 5.32 Å². The summed E-state index contributed by atoms with van der Waals surface area (Å²) < 4.78 is 40.3. The van der Waals surface area contributed by atoms with Gasteiger partial charge in [-0.2, -0.15) is 13.2 Å². The van der Waals surface area contributed by atoms with Crippen LogP contribution in [0.3, 0.4) is 0 Å². The van der Waals surface area contributed by atoms with Gasteiger partial charge in [-0.15, -0.1) is 0 Å². The molecule has 0 aromatic heterocycles. The molecule has 16 heavy (non-hydrogen) atoms. The zero-order valence-electron chi connectivity index (χ0n) is 8.64. The third kappa shape index (κ3) is 2.78. The number of alkyl halides is 3. The summed E-state index contributed by atoms with van der Waals surface area (Å²) in [5.41, 5.74) is -0.438. The number of nitrogens with one attached hydrogen (secondary N) is 1. The van der Waals surface area contributed by atoms with E-state index in [1.54, 1.807) is 0 Å². The van der Waals surface area contributed by atoms with E-state index in [1.807, 2.05) is 0 Å². The normalized spacial score (nSPS) is 24.1. The second-order valence-electron chi connectivity index (χ2n) is 4.09. The molecule has 4 nitrogen and oxygen atoms in total. The van der Waals surface area contributed by atoms with E-state index in [0.29, 0.717) is 6.42 Å². The fourth-order valence-corrected chi connectivity index (χ4v) is 1.88. The summed E-state index contributed by atoms with van der Waals surface area (Å²) in [5, 5.41) is 6.74. The van der Waals surface area contributed by atoms with Gasteiger partial charge in [-0.05, 0) is 13.1 Å². The quantitative estimate of drug-likeness (QED) is 0.751. The molecule has 1 saturated heterocycles. The summed E-state index contributed by atoms with van der Waals surface area (Å²) in [5.74, 6) is 0.0548. The second kappa shape index (κ2) is 4.12. The standard InChI is InChI=1S/C9H13F3N2O2/c10-9(11,12)6-15-7-5-8(16-14-7)1-3-13-4-2-8/h13H,1-6H2. The molecule has 0 bridgehead atoms. The van der Waals surface area contributed by atoms with Crippen LogP contribution in [-0.4, -0.2) is 37.4 Å². The third-order valence-corrected chi connectivity index (χ3v) is 2.73. The van der Waals surface area contributed by atoms with Gasteiger partial charge < -0.3 is 14.9 Å². The minimum Gasteiger partial charge on any atom is -0.469 e. The van der Waals surface area contributed by atoms with Gasteiger partial charge in [-0.3, -0.25) is 0 Å². The van der Waals surface area contributed by atoms with Crippen molar-refractivity contribution in [1.82, 2.24) is 5.32 Å². The summed E-state index contributed by atoms with van der Waals surface area (Å²) in [6.07, 6.45) is -2.50. The minimum atomic E-state index is -4.33. The van der Waals surface area contributed by atoms with Crippen LogP contribution in [0.25, 0.3) is 0 Å². The number of hydrogen-bond acceptors (Lipinski definition) is 4. The molecule has 2 aliphatic heterocycles. The number of rotatable bonds is 1. The summed E-state index contributed by atoms with van der Waals surface area (Å²) in [6.45, 7) is 0.285. The lowest BCUT2D eigenvalue weighted by atomic mass is 9.89. The van der Waals surface area contributed by atoms with Crippen LogP contribution >= 0.6 is 0 Å². The van der Waals surface area contributed by atoms with Crippen LogP contribution in [0.1, 0.15) is 19.3 Å². The van der Waals surface area contributed by atoms with Gasteiger partial charge in [0.25, 0.3) is 0 Å². The number of hydrogen-bond donors (Lipinski definition) is 1. The molecule has 2 aliphatic rings. The number of halogens is 3. The molecule has 0 amide bonds. The number of nitrogens with zero attached hydrogens (tertiary/aromatic N) is 1. The highest BCUT2D eigenvalue weighted by Gasteiger charge is 2.42. The highest BCUT2D eigenvalue weighted by Crippen LogP contribution is 2.33. The molecule has 0 unspecified atom stereocenters. The van der Waals surface area contributed by atoms with E-state index in [-0.39, 0.29) is 5.90 Å². The lowest BCUT2D eigenvalue weighted by Gasteiger charge is -2.30. The fourth-order valence-electron chi connectivity index (χ4n) is 1.88. The Morgan fingerprint density at radius 1 is 1.38 bits per heavy atom. The van der Waals surface area contributed by atoms with Crippen molar-refractivity contribution in [3.05, 3.63) is 0 Å². The van der Waals surface area contributed by atoms with Gasteiger partial charge in [-0.1, -0.05) is 5.16 Å². The largest absolute Gasteiger partial charge is 0.469 e. The summed E-state index contributed by atoms with van der Waals surface area (Å²) in [6, 6.07) is 0. The molecule has 0 aromatic carbocycles. The molecule has 0 aliphatic carbocycles. The average molecular weight is 238 g/mol. The zero-order valence-corrected chi connectivity index (χ0v) is 8.64. The third-order valence-electron chi connectivity index (χ3n) is 2.73. The molecule has 0 radical (unpaired) electrons. The fraction of sp³-hybridized carbons (Fsp3) is 0.889. The first kappa shape index (κ1) is 11.5. The van der Waals surface area contributed by atoms with Crippen molar-refractivity contribution >= 4 is 5.90 Å². The number of ether oxygens (including phenoxy) is 1. The Hall–Kier alpha value is -0.980. The van der Waals surface area contributed by atoms with Crippen molar-refractivity contribution in [2.75, 3.05) is 19.7 Å². The predicted molar refractivity (Wildman–Crippen MR) is 50.0 cm³/mol. The predicted octanol–water partition coefficient (Wildman–Crippen LogP) is 1.42. The Labute approximate surface area is 90.8 Å². The molecule has 1 N–H and O–H groups in total.